The normalized spacial score (nSPS) is 18.4. The van der Waals surface area contributed by atoms with E-state index >= 15 is 0 Å². The van der Waals surface area contributed by atoms with Gasteiger partial charge in [-0.1, -0.05) is 60.7 Å². The lowest BCUT2D eigenvalue weighted by atomic mass is 10.1. The van der Waals surface area contributed by atoms with E-state index < -0.39 is 0 Å². The van der Waals surface area contributed by atoms with Gasteiger partial charge in [0, 0.05) is 11.8 Å². The van der Waals surface area contributed by atoms with Crippen LogP contribution in [0.1, 0.15) is 16.5 Å². The largest absolute Gasteiger partial charge is 0.273 e. The van der Waals surface area contributed by atoms with E-state index in [0.717, 1.165) is 0 Å². The zero-order valence-corrected chi connectivity index (χ0v) is 10.7. The summed E-state index contributed by atoms with van der Waals surface area (Å²) in [4.78, 5) is 4.63. The Morgan fingerprint density at radius 2 is 1.50 bits per heavy atom. The maximum Gasteiger partial charge on any atom is 0.124 e. The number of hydrogen-bond acceptors (Lipinski definition) is 2. The average Bonchev–Trinajstić information content (AvgIpc) is 2.49. The van der Waals surface area contributed by atoms with E-state index in [-0.39, 0.29) is 5.37 Å². The fraction of sp³-hybridized carbons (Fsp3) is 0.0625. The summed E-state index contributed by atoms with van der Waals surface area (Å²) in [5.41, 5.74) is 3.66. The van der Waals surface area contributed by atoms with Crippen molar-refractivity contribution in [3.63, 3.8) is 0 Å². The van der Waals surface area contributed by atoms with Gasteiger partial charge in [-0.15, -0.1) is 11.8 Å². The van der Waals surface area contributed by atoms with Gasteiger partial charge in [0.25, 0.3) is 0 Å². The minimum absolute atomic E-state index is 0.193. The second kappa shape index (κ2) is 5.23. The van der Waals surface area contributed by atoms with E-state index in [1.165, 1.54) is 16.7 Å². The second-order valence-corrected chi connectivity index (χ2v) is 5.07. The Morgan fingerprint density at radius 3 is 2.11 bits per heavy atom. The zero-order chi connectivity index (χ0) is 12.2. The van der Waals surface area contributed by atoms with E-state index in [1.54, 1.807) is 11.8 Å². The summed E-state index contributed by atoms with van der Waals surface area (Å²) in [7, 11) is 0. The van der Waals surface area contributed by atoms with Crippen molar-refractivity contribution in [1.82, 2.24) is 0 Å². The quantitative estimate of drug-likeness (QED) is 0.763. The van der Waals surface area contributed by atoms with Crippen LogP contribution in [0.15, 0.2) is 71.1 Å². The highest BCUT2D eigenvalue weighted by molar-refractivity contribution is 8.02. The summed E-state index contributed by atoms with van der Waals surface area (Å²) in [5, 5.41) is 2.39. The van der Waals surface area contributed by atoms with Crippen molar-refractivity contribution in [2.24, 2.45) is 4.99 Å². The third-order valence-electron chi connectivity index (χ3n) is 2.86. The number of nitrogens with zero attached hydrogens (tertiary/aromatic N) is 1. The molecule has 0 aliphatic carbocycles. The van der Waals surface area contributed by atoms with Gasteiger partial charge >= 0.3 is 0 Å². The van der Waals surface area contributed by atoms with Gasteiger partial charge < -0.3 is 0 Å². The van der Waals surface area contributed by atoms with Crippen LogP contribution in [0.5, 0.6) is 0 Å². The minimum Gasteiger partial charge on any atom is -0.273 e. The first-order chi connectivity index (χ1) is 8.93. The Morgan fingerprint density at radius 1 is 0.833 bits per heavy atom. The lowest BCUT2D eigenvalue weighted by Gasteiger charge is -2.15. The molecule has 1 aliphatic rings. The topological polar surface area (TPSA) is 12.4 Å². The lowest BCUT2D eigenvalue weighted by molar-refractivity contribution is 1.04. The Kier molecular flexibility index (Phi) is 3.29. The number of allylic oxidation sites excluding steroid dienone is 1. The molecule has 0 saturated carbocycles. The van der Waals surface area contributed by atoms with Crippen LogP contribution in [0.25, 0.3) is 5.57 Å². The van der Waals surface area contributed by atoms with Gasteiger partial charge in [-0.05, 0) is 16.5 Å². The molecule has 88 valence electrons. The predicted molar refractivity (Wildman–Crippen MR) is 79.7 cm³/mol. The molecule has 1 heterocycles. The van der Waals surface area contributed by atoms with Crippen LogP contribution in [0.4, 0.5) is 0 Å². The summed E-state index contributed by atoms with van der Waals surface area (Å²) in [5.74, 6) is 0. The van der Waals surface area contributed by atoms with Crippen LogP contribution >= 0.6 is 11.8 Å². The molecule has 0 radical (unpaired) electrons. The van der Waals surface area contributed by atoms with Gasteiger partial charge in [0.2, 0.25) is 0 Å². The molecule has 0 spiro atoms. The van der Waals surface area contributed by atoms with Crippen molar-refractivity contribution in [3.8, 4) is 0 Å². The molecule has 0 aromatic heterocycles. The first-order valence-electron chi connectivity index (χ1n) is 5.93. The highest BCUT2D eigenvalue weighted by Crippen LogP contribution is 2.36. The summed E-state index contributed by atoms with van der Waals surface area (Å²) in [6.45, 7) is 0. The number of rotatable bonds is 2. The van der Waals surface area contributed by atoms with Crippen LogP contribution in [0.3, 0.4) is 0 Å². The van der Waals surface area contributed by atoms with Crippen molar-refractivity contribution in [3.05, 3.63) is 77.2 Å². The highest BCUT2D eigenvalue weighted by atomic mass is 32.2. The molecule has 1 unspecified atom stereocenters. The molecule has 3 rings (SSSR count). The minimum atomic E-state index is 0.193. The average molecular weight is 251 g/mol. The van der Waals surface area contributed by atoms with Gasteiger partial charge in [0.1, 0.15) is 5.37 Å². The fourth-order valence-electron chi connectivity index (χ4n) is 1.91. The maximum absolute atomic E-state index is 4.63. The van der Waals surface area contributed by atoms with E-state index in [1.807, 2.05) is 18.3 Å². The molecule has 18 heavy (non-hydrogen) atoms. The van der Waals surface area contributed by atoms with E-state index in [0.29, 0.717) is 0 Å². The summed E-state index contributed by atoms with van der Waals surface area (Å²) < 4.78 is 0. The summed E-state index contributed by atoms with van der Waals surface area (Å²) >= 11 is 1.76. The molecule has 1 nitrogen and oxygen atoms in total. The predicted octanol–water partition coefficient (Wildman–Crippen LogP) is 4.54. The maximum atomic E-state index is 4.63. The number of benzene rings is 2. The third-order valence-corrected chi connectivity index (χ3v) is 3.91. The highest BCUT2D eigenvalue weighted by Gasteiger charge is 2.12. The van der Waals surface area contributed by atoms with Crippen LogP contribution in [-0.4, -0.2) is 6.21 Å². The van der Waals surface area contributed by atoms with Crippen LogP contribution in [0.2, 0.25) is 0 Å². The molecule has 2 aromatic carbocycles. The standard InChI is InChI=1S/C16H13NS/c1-3-7-13(8-4-1)15-11-17-16(18-12-15)14-9-5-2-6-10-14/h1-12,16H. The van der Waals surface area contributed by atoms with E-state index in [9.17, 15) is 0 Å². The molecule has 1 aliphatic heterocycles. The molecule has 2 heteroatoms. The first kappa shape index (κ1) is 11.3. The van der Waals surface area contributed by atoms with Crippen molar-refractivity contribution < 1.29 is 0 Å². The first-order valence-corrected chi connectivity index (χ1v) is 6.87. The lowest BCUT2D eigenvalue weighted by Crippen LogP contribution is -1.96. The fourth-order valence-corrected chi connectivity index (χ4v) is 2.82. The Labute approximate surface area is 111 Å². The number of thioether (sulfide) groups is 1. The summed E-state index contributed by atoms with van der Waals surface area (Å²) in [6.07, 6.45) is 1.98. The smallest absolute Gasteiger partial charge is 0.124 e. The van der Waals surface area contributed by atoms with Crippen molar-refractivity contribution >= 4 is 23.5 Å². The van der Waals surface area contributed by atoms with Crippen molar-refractivity contribution in [1.29, 1.82) is 0 Å². The van der Waals surface area contributed by atoms with Gasteiger partial charge in [0.05, 0.1) is 0 Å². The van der Waals surface area contributed by atoms with Crippen LogP contribution in [-0.2, 0) is 0 Å². The Bertz CT molecular complexity index is 573. The van der Waals surface area contributed by atoms with E-state index in [2.05, 4.69) is 58.9 Å². The number of aliphatic imine (C=N–C) groups is 1. The molecule has 0 saturated heterocycles. The van der Waals surface area contributed by atoms with E-state index in [4.69, 9.17) is 0 Å². The number of hydrogen-bond donors (Lipinski definition) is 0. The molecule has 2 aromatic rings. The third kappa shape index (κ3) is 2.39. The zero-order valence-electron chi connectivity index (χ0n) is 9.86. The molecular weight excluding hydrogens is 238 g/mol. The molecule has 0 fully saturated rings. The monoisotopic (exact) mass is 251 g/mol. The molecule has 0 N–H and O–H groups in total. The van der Waals surface area contributed by atoms with Crippen molar-refractivity contribution in [2.45, 2.75) is 5.37 Å². The van der Waals surface area contributed by atoms with Crippen LogP contribution in [0, 0.1) is 0 Å². The van der Waals surface area contributed by atoms with Crippen molar-refractivity contribution in [2.75, 3.05) is 0 Å². The Balaban J connectivity index is 1.79. The molecular formula is C16H13NS. The van der Waals surface area contributed by atoms with Gasteiger partial charge in [-0.2, -0.15) is 0 Å². The molecule has 0 bridgehead atoms. The molecule has 0 amide bonds. The van der Waals surface area contributed by atoms with Gasteiger partial charge in [0.15, 0.2) is 0 Å². The second-order valence-electron chi connectivity index (χ2n) is 4.12. The van der Waals surface area contributed by atoms with Crippen LogP contribution < -0.4 is 0 Å². The summed E-state index contributed by atoms with van der Waals surface area (Å²) in [6, 6.07) is 20.8. The van der Waals surface area contributed by atoms with Gasteiger partial charge in [-0.25, -0.2) is 0 Å². The SMILES string of the molecule is C1=NC(c2ccccc2)SC=C1c1ccccc1. The Hall–Kier alpha value is -1.80. The van der Waals surface area contributed by atoms with Gasteiger partial charge in [-0.3, -0.25) is 4.99 Å². The molecule has 1 atom stereocenters.